The van der Waals surface area contributed by atoms with Gasteiger partial charge < -0.3 is 0 Å². The van der Waals surface area contributed by atoms with Crippen molar-refractivity contribution < 1.29 is 4.79 Å². The Kier molecular flexibility index (Phi) is 2.44. The molecular weight excluding hydrogens is 212 g/mol. The normalized spacial score (nSPS) is 17.8. The van der Waals surface area contributed by atoms with Crippen LogP contribution in [0.25, 0.3) is 0 Å². The van der Waals surface area contributed by atoms with Crippen LogP contribution in [0.2, 0.25) is 0 Å². The quantitative estimate of drug-likeness (QED) is 0.735. The highest BCUT2D eigenvalue weighted by atomic mass is 16.1. The lowest BCUT2D eigenvalue weighted by molar-refractivity contribution is 0.0959. The number of aryl methyl sites for hydroxylation is 1. The number of hydrogen-bond acceptors (Lipinski definition) is 3. The van der Waals surface area contributed by atoms with Gasteiger partial charge in [-0.3, -0.25) is 4.79 Å². The number of hydrogen-bond donors (Lipinski definition) is 0. The zero-order valence-corrected chi connectivity index (χ0v) is 9.34. The summed E-state index contributed by atoms with van der Waals surface area (Å²) in [5.74, 6) is 0.118. The highest BCUT2D eigenvalue weighted by molar-refractivity contribution is 6.01. The van der Waals surface area contributed by atoms with Crippen molar-refractivity contribution in [2.45, 2.75) is 18.8 Å². The highest BCUT2D eigenvalue weighted by Gasteiger charge is 2.28. The van der Waals surface area contributed by atoms with Crippen molar-refractivity contribution in [3.8, 4) is 0 Å². The molecule has 0 aliphatic heterocycles. The lowest BCUT2D eigenvalue weighted by Crippen LogP contribution is -2.10. The molecule has 1 aromatic carbocycles. The van der Waals surface area contributed by atoms with Gasteiger partial charge in [0.1, 0.15) is 6.33 Å². The summed E-state index contributed by atoms with van der Waals surface area (Å²) in [5.41, 5.74) is 3.07. The molecule has 0 bridgehead atoms. The van der Waals surface area contributed by atoms with E-state index in [1.807, 2.05) is 12.1 Å². The summed E-state index contributed by atoms with van der Waals surface area (Å²) < 4.78 is 0. The second-order valence-electron chi connectivity index (χ2n) is 4.28. The standard InChI is InChI=1S/C14H12N2O/c17-14(11-7-15-9-16-8-11)13-6-5-10-3-1-2-4-12(10)13/h1-4,7-9,13H,5-6H2. The first-order chi connectivity index (χ1) is 8.36. The molecule has 3 heteroatoms. The van der Waals surface area contributed by atoms with E-state index in [0.717, 1.165) is 12.8 Å². The maximum absolute atomic E-state index is 12.3. The van der Waals surface area contributed by atoms with E-state index >= 15 is 0 Å². The fraction of sp³-hybridized carbons (Fsp3) is 0.214. The minimum absolute atomic E-state index is 0.0165. The molecule has 0 fully saturated rings. The van der Waals surface area contributed by atoms with Crippen LogP contribution in [0.3, 0.4) is 0 Å². The van der Waals surface area contributed by atoms with Crippen LogP contribution >= 0.6 is 0 Å². The molecule has 1 heterocycles. The van der Waals surface area contributed by atoms with Gasteiger partial charge >= 0.3 is 0 Å². The number of nitrogens with zero attached hydrogens (tertiary/aromatic N) is 2. The molecule has 1 atom stereocenters. The predicted octanol–water partition coefficient (Wildman–Crippen LogP) is 2.39. The average molecular weight is 224 g/mol. The van der Waals surface area contributed by atoms with Gasteiger partial charge in [0.2, 0.25) is 0 Å². The van der Waals surface area contributed by atoms with Crippen molar-refractivity contribution in [1.82, 2.24) is 9.97 Å². The van der Waals surface area contributed by atoms with Crippen LogP contribution < -0.4 is 0 Å². The van der Waals surface area contributed by atoms with Crippen LogP contribution in [0.4, 0.5) is 0 Å². The SMILES string of the molecule is O=C(c1cncnc1)C1CCc2ccccc21. The first-order valence-corrected chi connectivity index (χ1v) is 5.73. The van der Waals surface area contributed by atoms with E-state index in [4.69, 9.17) is 0 Å². The topological polar surface area (TPSA) is 42.9 Å². The number of carbonyl (C=O) groups is 1. The predicted molar refractivity (Wildman–Crippen MR) is 63.9 cm³/mol. The van der Waals surface area contributed by atoms with Crippen molar-refractivity contribution in [3.63, 3.8) is 0 Å². The van der Waals surface area contributed by atoms with E-state index in [0.29, 0.717) is 5.56 Å². The van der Waals surface area contributed by atoms with Crippen molar-refractivity contribution in [1.29, 1.82) is 0 Å². The molecule has 17 heavy (non-hydrogen) atoms. The van der Waals surface area contributed by atoms with E-state index in [-0.39, 0.29) is 11.7 Å². The second kappa shape index (κ2) is 4.09. The Labute approximate surface area is 99.5 Å². The van der Waals surface area contributed by atoms with Crippen LogP contribution in [-0.4, -0.2) is 15.8 Å². The first kappa shape index (κ1) is 10.1. The Hall–Kier alpha value is -2.03. The summed E-state index contributed by atoms with van der Waals surface area (Å²) in [5, 5.41) is 0. The Morgan fingerprint density at radius 1 is 1.18 bits per heavy atom. The largest absolute Gasteiger partial charge is 0.293 e. The van der Waals surface area contributed by atoms with Gasteiger partial charge in [-0.1, -0.05) is 24.3 Å². The molecule has 0 saturated heterocycles. The molecule has 3 nitrogen and oxygen atoms in total. The number of rotatable bonds is 2. The highest BCUT2D eigenvalue weighted by Crippen LogP contribution is 2.34. The van der Waals surface area contributed by atoms with Crippen LogP contribution in [0, 0.1) is 0 Å². The van der Waals surface area contributed by atoms with E-state index in [1.54, 1.807) is 12.4 Å². The number of ketones is 1. The van der Waals surface area contributed by atoms with Crippen LogP contribution in [0.15, 0.2) is 43.0 Å². The Balaban J connectivity index is 1.95. The Morgan fingerprint density at radius 3 is 2.76 bits per heavy atom. The molecule has 1 aliphatic rings. The van der Waals surface area contributed by atoms with Gasteiger partial charge in [0.05, 0.1) is 5.56 Å². The fourth-order valence-electron chi connectivity index (χ4n) is 2.46. The zero-order chi connectivity index (χ0) is 11.7. The van der Waals surface area contributed by atoms with Crippen molar-refractivity contribution in [3.05, 3.63) is 59.7 Å². The molecule has 1 aliphatic carbocycles. The van der Waals surface area contributed by atoms with Gasteiger partial charge in [0.25, 0.3) is 0 Å². The van der Waals surface area contributed by atoms with Gasteiger partial charge in [-0.2, -0.15) is 0 Å². The maximum atomic E-state index is 12.3. The van der Waals surface area contributed by atoms with E-state index in [1.165, 1.54) is 17.5 Å². The molecule has 0 amide bonds. The second-order valence-corrected chi connectivity index (χ2v) is 4.28. The van der Waals surface area contributed by atoms with Crippen molar-refractivity contribution in [2.24, 2.45) is 0 Å². The van der Waals surface area contributed by atoms with Gasteiger partial charge in [0, 0.05) is 18.3 Å². The molecule has 3 rings (SSSR count). The number of carbonyl (C=O) groups excluding carboxylic acids is 1. The third-order valence-electron chi connectivity index (χ3n) is 3.29. The summed E-state index contributed by atoms with van der Waals surface area (Å²) in [7, 11) is 0. The molecular formula is C14H12N2O. The third kappa shape index (κ3) is 1.73. The fourth-order valence-corrected chi connectivity index (χ4v) is 2.46. The van der Waals surface area contributed by atoms with E-state index in [9.17, 15) is 4.79 Å². The van der Waals surface area contributed by atoms with Gasteiger partial charge in [-0.25, -0.2) is 9.97 Å². The minimum atomic E-state index is -0.0165. The monoisotopic (exact) mass is 224 g/mol. The number of benzene rings is 1. The molecule has 1 unspecified atom stereocenters. The molecule has 0 N–H and O–H groups in total. The summed E-state index contributed by atoms with van der Waals surface area (Å²) in [4.78, 5) is 20.1. The lowest BCUT2D eigenvalue weighted by Gasteiger charge is -2.09. The molecule has 0 radical (unpaired) electrons. The molecule has 2 aromatic rings. The lowest BCUT2D eigenvalue weighted by atomic mass is 9.93. The minimum Gasteiger partial charge on any atom is -0.293 e. The number of fused-ring (bicyclic) bond motifs is 1. The van der Waals surface area contributed by atoms with Crippen molar-refractivity contribution >= 4 is 5.78 Å². The van der Waals surface area contributed by atoms with Gasteiger partial charge in [-0.15, -0.1) is 0 Å². The van der Waals surface area contributed by atoms with Crippen LogP contribution in [0.1, 0.15) is 33.8 Å². The number of aromatic nitrogens is 2. The maximum Gasteiger partial charge on any atom is 0.173 e. The molecule has 0 saturated carbocycles. The van der Waals surface area contributed by atoms with Gasteiger partial charge in [-0.05, 0) is 24.0 Å². The average Bonchev–Trinajstić information content (AvgIpc) is 2.83. The van der Waals surface area contributed by atoms with Crippen molar-refractivity contribution in [2.75, 3.05) is 0 Å². The summed E-state index contributed by atoms with van der Waals surface area (Å²) in [6.07, 6.45) is 6.51. The molecule has 1 aromatic heterocycles. The summed E-state index contributed by atoms with van der Waals surface area (Å²) in [6, 6.07) is 8.17. The Morgan fingerprint density at radius 2 is 1.94 bits per heavy atom. The van der Waals surface area contributed by atoms with Crippen LogP contribution in [-0.2, 0) is 6.42 Å². The zero-order valence-electron chi connectivity index (χ0n) is 9.34. The number of Topliss-reactive ketones (excluding diaryl/α,β-unsaturated/α-hetero) is 1. The molecule has 0 spiro atoms. The van der Waals surface area contributed by atoms with E-state index in [2.05, 4.69) is 22.1 Å². The third-order valence-corrected chi connectivity index (χ3v) is 3.29. The summed E-state index contributed by atoms with van der Waals surface area (Å²) >= 11 is 0. The van der Waals surface area contributed by atoms with Gasteiger partial charge in [0.15, 0.2) is 5.78 Å². The summed E-state index contributed by atoms with van der Waals surface area (Å²) in [6.45, 7) is 0. The smallest absolute Gasteiger partial charge is 0.173 e. The Bertz CT molecular complexity index is 551. The molecule has 84 valence electrons. The van der Waals surface area contributed by atoms with E-state index < -0.39 is 0 Å². The van der Waals surface area contributed by atoms with Crippen LogP contribution in [0.5, 0.6) is 0 Å². The first-order valence-electron chi connectivity index (χ1n) is 5.73.